The molecule has 0 fully saturated rings. The highest BCUT2D eigenvalue weighted by Gasteiger charge is 2.08. The molecule has 3 rings (SSSR count). The maximum atomic E-state index is 9.02. The molecule has 2 aromatic heterocycles. The van der Waals surface area contributed by atoms with Gasteiger partial charge in [0.25, 0.3) is 5.22 Å². The van der Waals surface area contributed by atoms with Crippen LogP contribution in [-0.4, -0.2) is 9.97 Å². The van der Waals surface area contributed by atoms with E-state index in [-0.39, 0.29) is 0 Å². The molecule has 3 aromatic rings. The van der Waals surface area contributed by atoms with Gasteiger partial charge in [0.1, 0.15) is 0 Å². The van der Waals surface area contributed by atoms with E-state index in [0.29, 0.717) is 27.8 Å². The highest BCUT2D eigenvalue weighted by atomic mass is 32.2. The van der Waals surface area contributed by atoms with Gasteiger partial charge < -0.3 is 4.42 Å². The lowest BCUT2D eigenvalue weighted by atomic mass is 10.1. The second-order valence-electron chi connectivity index (χ2n) is 3.86. The Kier molecular flexibility index (Phi) is 3.17. The van der Waals surface area contributed by atoms with Crippen LogP contribution < -0.4 is 0 Å². The number of nitriles is 1. The molecule has 0 saturated heterocycles. The molecule has 0 aliphatic rings. The Morgan fingerprint density at radius 1 is 1.21 bits per heavy atom. The van der Waals surface area contributed by atoms with Crippen LogP contribution in [0.4, 0.5) is 0 Å². The van der Waals surface area contributed by atoms with Crippen LogP contribution in [0.3, 0.4) is 0 Å². The Morgan fingerprint density at radius 2 is 2.11 bits per heavy atom. The molecular weight excluding hydrogens is 258 g/mol. The molecule has 0 spiro atoms. The van der Waals surface area contributed by atoms with E-state index in [9.17, 15) is 0 Å². The number of benzene rings is 1. The number of hydrogen-bond acceptors (Lipinski definition) is 5. The summed E-state index contributed by atoms with van der Waals surface area (Å²) < 4.78 is 5.57. The van der Waals surface area contributed by atoms with Crippen LogP contribution in [0.1, 0.15) is 11.1 Å². The minimum Gasteiger partial charge on any atom is -0.430 e. The summed E-state index contributed by atoms with van der Waals surface area (Å²) in [6.45, 7) is 0. The Morgan fingerprint density at radius 3 is 2.95 bits per heavy atom. The fraction of sp³-hybridized carbons (Fsp3) is 0.0714. The first kappa shape index (κ1) is 11.8. The van der Waals surface area contributed by atoms with E-state index >= 15 is 0 Å². The molecule has 4 nitrogen and oxygen atoms in total. The topological polar surface area (TPSA) is 62.7 Å². The smallest absolute Gasteiger partial charge is 0.258 e. The van der Waals surface area contributed by atoms with Gasteiger partial charge in [0.15, 0.2) is 11.2 Å². The van der Waals surface area contributed by atoms with Gasteiger partial charge in [-0.15, -0.1) is 0 Å². The molecule has 5 heteroatoms. The molecule has 0 atom stereocenters. The summed E-state index contributed by atoms with van der Waals surface area (Å²) in [4.78, 5) is 8.41. The largest absolute Gasteiger partial charge is 0.430 e. The Hall–Kier alpha value is -2.32. The van der Waals surface area contributed by atoms with Crippen molar-refractivity contribution in [3.05, 3.63) is 53.7 Å². The maximum Gasteiger partial charge on any atom is 0.258 e. The average molecular weight is 267 g/mol. The van der Waals surface area contributed by atoms with Crippen molar-refractivity contribution in [3.8, 4) is 6.07 Å². The summed E-state index contributed by atoms with van der Waals surface area (Å²) in [5.74, 6) is 0.649. The number of hydrogen-bond donors (Lipinski definition) is 0. The average Bonchev–Trinajstić information content (AvgIpc) is 2.88. The standard InChI is InChI=1S/C14H9N3OS/c15-8-10-4-1-2-5-11(10)9-19-14-17-13-12(18-14)6-3-7-16-13/h1-7H,9H2. The first-order chi connectivity index (χ1) is 9.36. The fourth-order valence-electron chi connectivity index (χ4n) is 1.71. The van der Waals surface area contributed by atoms with Gasteiger partial charge in [-0.3, -0.25) is 0 Å². The van der Waals surface area contributed by atoms with Crippen LogP contribution in [0, 0.1) is 11.3 Å². The molecule has 0 saturated carbocycles. The monoisotopic (exact) mass is 267 g/mol. The van der Waals surface area contributed by atoms with E-state index in [1.54, 1.807) is 6.20 Å². The molecular formula is C14H9N3OS. The number of fused-ring (bicyclic) bond motifs is 1. The first-order valence-electron chi connectivity index (χ1n) is 5.69. The third-order valence-corrected chi connectivity index (χ3v) is 3.51. The van der Waals surface area contributed by atoms with Crippen LogP contribution in [0.15, 0.2) is 52.2 Å². The van der Waals surface area contributed by atoms with E-state index in [1.165, 1.54) is 11.8 Å². The summed E-state index contributed by atoms with van der Waals surface area (Å²) in [6, 6.07) is 13.4. The zero-order chi connectivity index (χ0) is 13.1. The Labute approximate surface area is 114 Å². The summed E-state index contributed by atoms with van der Waals surface area (Å²) in [5.41, 5.74) is 2.95. The number of thioether (sulfide) groups is 1. The molecule has 2 heterocycles. The van der Waals surface area contributed by atoms with Crippen LogP contribution in [0.2, 0.25) is 0 Å². The number of pyridine rings is 1. The molecule has 0 bridgehead atoms. The minimum atomic E-state index is 0.571. The lowest BCUT2D eigenvalue weighted by molar-refractivity contribution is 0.489. The van der Waals surface area contributed by atoms with E-state index < -0.39 is 0 Å². The highest BCUT2D eigenvalue weighted by molar-refractivity contribution is 7.98. The summed E-state index contributed by atoms with van der Waals surface area (Å²) in [5, 5.41) is 9.59. The quantitative estimate of drug-likeness (QED) is 0.681. The number of nitrogens with zero attached hydrogens (tertiary/aromatic N) is 3. The van der Waals surface area contributed by atoms with Crippen molar-refractivity contribution in [2.24, 2.45) is 0 Å². The predicted molar refractivity (Wildman–Crippen MR) is 72.5 cm³/mol. The number of aromatic nitrogens is 2. The van der Waals surface area contributed by atoms with Gasteiger partial charge in [0.05, 0.1) is 11.6 Å². The van der Waals surface area contributed by atoms with Crippen molar-refractivity contribution in [2.75, 3.05) is 0 Å². The van der Waals surface area contributed by atoms with Crippen LogP contribution in [-0.2, 0) is 5.75 Å². The molecule has 0 N–H and O–H groups in total. The molecule has 1 aromatic carbocycles. The summed E-state index contributed by atoms with van der Waals surface area (Å²) in [7, 11) is 0. The molecule has 0 aliphatic heterocycles. The third kappa shape index (κ3) is 2.44. The normalized spacial score (nSPS) is 10.5. The van der Waals surface area contributed by atoms with Gasteiger partial charge in [-0.25, -0.2) is 4.98 Å². The van der Waals surface area contributed by atoms with Gasteiger partial charge >= 0.3 is 0 Å². The van der Waals surface area contributed by atoms with E-state index in [0.717, 1.165) is 5.56 Å². The van der Waals surface area contributed by atoms with Crippen molar-refractivity contribution in [2.45, 2.75) is 11.0 Å². The number of oxazole rings is 1. The molecule has 0 radical (unpaired) electrons. The molecule has 19 heavy (non-hydrogen) atoms. The lowest BCUT2D eigenvalue weighted by Crippen LogP contribution is -1.86. The van der Waals surface area contributed by atoms with Crippen LogP contribution in [0.5, 0.6) is 0 Å². The second kappa shape index (κ2) is 5.12. The van der Waals surface area contributed by atoms with Crippen LogP contribution >= 0.6 is 11.8 Å². The molecule has 92 valence electrons. The zero-order valence-corrected chi connectivity index (χ0v) is 10.7. The van der Waals surface area contributed by atoms with Crippen molar-refractivity contribution in [1.82, 2.24) is 9.97 Å². The van der Waals surface area contributed by atoms with E-state index in [2.05, 4.69) is 16.0 Å². The highest BCUT2D eigenvalue weighted by Crippen LogP contribution is 2.26. The van der Waals surface area contributed by atoms with Gasteiger partial charge in [-0.2, -0.15) is 10.2 Å². The first-order valence-corrected chi connectivity index (χ1v) is 6.68. The molecule has 0 aliphatic carbocycles. The third-order valence-electron chi connectivity index (χ3n) is 2.63. The fourth-order valence-corrected chi connectivity index (χ4v) is 2.54. The Bertz CT molecular complexity index is 727. The maximum absolute atomic E-state index is 9.02. The van der Waals surface area contributed by atoms with Gasteiger partial charge in [-0.1, -0.05) is 30.0 Å². The summed E-state index contributed by atoms with van der Waals surface area (Å²) >= 11 is 1.46. The van der Waals surface area contributed by atoms with Crippen molar-refractivity contribution in [1.29, 1.82) is 5.26 Å². The van der Waals surface area contributed by atoms with Gasteiger partial charge in [0.2, 0.25) is 0 Å². The SMILES string of the molecule is N#Cc1ccccc1CSc1nc2ncccc2o1. The summed E-state index contributed by atoms with van der Waals surface area (Å²) in [6.07, 6.45) is 1.68. The van der Waals surface area contributed by atoms with Crippen molar-refractivity contribution in [3.63, 3.8) is 0 Å². The van der Waals surface area contributed by atoms with E-state index in [1.807, 2.05) is 36.4 Å². The Balaban J connectivity index is 1.81. The van der Waals surface area contributed by atoms with Crippen molar-refractivity contribution < 1.29 is 4.42 Å². The van der Waals surface area contributed by atoms with Gasteiger partial charge in [-0.05, 0) is 23.8 Å². The zero-order valence-electron chi connectivity index (χ0n) is 9.91. The second-order valence-corrected chi connectivity index (χ2v) is 4.79. The van der Waals surface area contributed by atoms with Crippen LogP contribution in [0.25, 0.3) is 11.2 Å². The van der Waals surface area contributed by atoms with Gasteiger partial charge in [0, 0.05) is 11.9 Å². The molecule has 0 amide bonds. The van der Waals surface area contributed by atoms with Crippen molar-refractivity contribution >= 4 is 23.0 Å². The molecule has 0 unspecified atom stereocenters. The number of rotatable bonds is 3. The van der Waals surface area contributed by atoms with E-state index in [4.69, 9.17) is 9.68 Å². The predicted octanol–water partition coefficient (Wildman–Crippen LogP) is 3.39. The lowest BCUT2D eigenvalue weighted by Gasteiger charge is -2.00. The minimum absolute atomic E-state index is 0.571.